The summed E-state index contributed by atoms with van der Waals surface area (Å²) < 4.78 is 0. The molecule has 1 nitrogen and oxygen atoms in total. The maximum Gasteiger partial charge on any atom is 0.0453 e. The predicted molar refractivity (Wildman–Crippen MR) is 86.2 cm³/mol. The fourth-order valence-corrected chi connectivity index (χ4v) is 1.58. The van der Waals surface area contributed by atoms with E-state index in [0.29, 0.717) is 0 Å². The first-order chi connectivity index (χ1) is 9.40. The van der Waals surface area contributed by atoms with Crippen molar-refractivity contribution in [3.63, 3.8) is 0 Å². The molecule has 0 aliphatic rings. The van der Waals surface area contributed by atoms with Gasteiger partial charge in [0.1, 0.15) is 0 Å². The number of fused-ring (bicyclic) bond motifs is 1. The largest absolute Gasteiger partial charge is 0.361 e. The summed E-state index contributed by atoms with van der Waals surface area (Å²) in [5.74, 6) is 0. The van der Waals surface area contributed by atoms with Crippen molar-refractivity contribution in [2.75, 3.05) is 0 Å². The summed E-state index contributed by atoms with van der Waals surface area (Å²) in [5, 5.41) is 1.28. The zero-order chi connectivity index (χ0) is 13.9. The van der Waals surface area contributed by atoms with E-state index in [4.69, 9.17) is 0 Å². The molecule has 3 rings (SSSR count). The maximum absolute atomic E-state index is 3.63. The standard InChI is InChI=1S/C8H7N.C8H8.C2H6/c1-2-4-8-7(3-1)5-6-9-8;1-2-8-6-4-3-5-7-8;1-2/h1-6,9H;2-7H,1H2;1-2H3. The van der Waals surface area contributed by atoms with Gasteiger partial charge in [0, 0.05) is 11.7 Å². The van der Waals surface area contributed by atoms with Crippen LogP contribution >= 0.6 is 0 Å². The number of nitrogens with one attached hydrogen (secondary N) is 1. The Kier molecular flexibility index (Phi) is 6.81. The lowest BCUT2D eigenvalue weighted by Gasteiger charge is -1.85. The van der Waals surface area contributed by atoms with E-state index in [0.717, 1.165) is 0 Å². The second-order valence-electron chi connectivity index (χ2n) is 3.68. The van der Waals surface area contributed by atoms with Gasteiger partial charge < -0.3 is 4.98 Å². The third kappa shape index (κ3) is 4.84. The van der Waals surface area contributed by atoms with Gasteiger partial charge in [0.2, 0.25) is 0 Å². The molecule has 0 atom stereocenters. The smallest absolute Gasteiger partial charge is 0.0453 e. The van der Waals surface area contributed by atoms with Crippen molar-refractivity contribution in [3.05, 3.63) is 79.0 Å². The van der Waals surface area contributed by atoms with Crippen LogP contribution in [-0.2, 0) is 0 Å². The fourth-order valence-electron chi connectivity index (χ4n) is 1.58. The number of H-pyrrole nitrogens is 1. The summed E-state index contributed by atoms with van der Waals surface area (Å²) >= 11 is 0. The Morgan fingerprint density at radius 1 is 0.842 bits per heavy atom. The molecule has 0 saturated heterocycles. The summed E-state index contributed by atoms with van der Waals surface area (Å²) in [5.41, 5.74) is 2.38. The molecule has 0 aliphatic carbocycles. The molecule has 1 heterocycles. The lowest BCUT2D eigenvalue weighted by Crippen LogP contribution is -1.63. The highest BCUT2D eigenvalue weighted by molar-refractivity contribution is 5.78. The van der Waals surface area contributed by atoms with Crippen molar-refractivity contribution in [1.29, 1.82) is 0 Å². The van der Waals surface area contributed by atoms with Gasteiger partial charge in [0.15, 0.2) is 0 Å². The Bertz CT molecular complexity index is 548. The Morgan fingerprint density at radius 3 is 2.05 bits per heavy atom. The Morgan fingerprint density at radius 2 is 1.47 bits per heavy atom. The third-order valence-electron chi connectivity index (χ3n) is 2.50. The van der Waals surface area contributed by atoms with Gasteiger partial charge in [0.05, 0.1) is 0 Å². The molecule has 0 bridgehead atoms. The molecule has 0 unspecified atom stereocenters. The van der Waals surface area contributed by atoms with E-state index in [9.17, 15) is 0 Å². The van der Waals surface area contributed by atoms with E-state index in [1.165, 1.54) is 16.5 Å². The zero-order valence-electron chi connectivity index (χ0n) is 11.6. The van der Waals surface area contributed by atoms with E-state index >= 15 is 0 Å². The highest BCUT2D eigenvalue weighted by atomic mass is 14.6. The first-order valence-corrected chi connectivity index (χ1v) is 6.60. The SMILES string of the molecule is C=Cc1ccccc1.CC.c1ccc2[nH]ccc2c1. The highest BCUT2D eigenvalue weighted by Crippen LogP contribution is 2.09. The number of hydrogen-bond donors (Lipinski definition) is 1. The van der Waals surface area contributed by atoms with Crippen molar-refractivity contribution in [2.45, 2.75) is 13.8 Å². The van der Waals surface area contributed by atoms with Crippen LogP contribution in [0.5, 0.6) is 0 Å². The highest BCUT2D eigenvalue weighted by Gasteiger charge is 1.86. The molecule has 0 amide bonds. The van der Waals surface area contributed by atoms with E-state index in [1.807, 2.05) is 68.6 Å². The molecule has 3 aromatic rings. The van der Waals surface area contributed by atoms with E-state index in [1.54, 1.807) is 0 Å². The second kappa shape index (κ2) is 8.76. The molecule has 19 heavy (non-hydrogen) atoms. The van der Waals surface area contributed by atoms with Gasteiger partial charge in [-0.3, -0.25) is 0 Å². The number of benzene rings is 2. The molecule has 0 fully saturated rings. The van der Waals surface area contributed by atoms with Gasteiger partial charge in [-0.15, -0.1) is 0 Å². The molecule has 0 radical (unpaired) electrons. The van der Waals surface area contributed by atoms with Crippen LogP contribution in [0.2, 0.25) is 0 Å². The lowest BCUT2D eigenvalue weighted by molar-refractivity contribution is 1.48. The Labute approximate surface area is 115 Å². The zero-order valence-corrected chi connectivity index (χ0v) is 11.6. The van der Waals surface area contributed by atoms with Gasteiger partial charge >= 0.3 is 0 Å². The average Bonchev–Trinajstić information content (AvgIpc) is 2.99. The van der Waals surface area contributed by atoms with E-state index in [-0.39, 0.29) is 0 Å². The molecular weight excluding hydrogens is 230 g/mol. The molecule has 0 aliphatic heterocycles. The molecule has 1 heteroatoms. The van der Waals surface area contributed by atoms with Crippen molar-refractivity contribution >= 4 is 17.0 Å². The minimum atomic E-state index is 1.17. The lowest BCUT2D eigenvalue weighted by atomic mass is 10.2. The molecular formula is C18H21N. The number of rotatable bonds is 1. The summed E-state index contributed by atoms with van der Waals surface area (Å²) in [6, 6.07) is 20.3. The van der Waals surface area contributed by atoms with Gasteiger partial charge in [0.25, 0.3) is 0 Å². The van der Waals surface area contributed by atoms with Gasteiger partial charge in [-0.25, -0.2) is 0 Å². The number of aromatic amines is 1. The van der Waals surface area contributed by atoms with Crippen LogP contribution in [0.25, 0.3) is 17.0 Å². The minimum absolute atomic E-state index is 1.17. The summed E-state index contributed by atoms with van der Waals surface area (Å²) in [6.07, 6.45) is 3.78. The Hall–Kier alpha value is -2.28. The third-order valence-corrected chi connectivity index (χ3v) is 2.50. The van der Waals surface area contributed by atoms with Crippen LogP contribution in [0.4, 0.5) is 0 Å². The number of para-hydroxylation sites is 1. The molecule has 2 aromatic carbocycles. The molecule has 1 N–H and O–H groups in total. The second-order valence-corrected chi connectivity index (χ2v) is 3.68. The first kappa shape index (κ1) is 14.8. The van der Waals surface area contributed by atoms with E-state index in [2.05, 4.69) is 29.8 Å². The average molecular weight is 251 g/mol. The van der Waals surface area contributed by atoms with Gasteiger partial charge in [-0.05, 0) is 23.1 Å². The van der Waals surface area contributed by atoms with Crippen molar-refractivity contribution in [2.24, 2.45) is 0 Å². The summed E-state index contributed by atoms with van der Waals surface area (Å²) in [4.78, 5) is 3.12. The molecule has 0 spiro atoms. The molecule has 0 saturated carbocycles. The number of hydrogen-bond acceptors (Lipinski definition) is 0. The van der Waals surface area contributed by atoms with Crippen molar-refractivity contribution in [3.8, 4) is 0 Å². The van der Waals surface area contributed by atoms with Crippen LogP contribution in [0.3, 0.4) is 0 Å². The summed E-state index contributed by atoms with van der Waals surface area (Å²) in [6.45, 7) is 7.63. The quantitative estimate of drug-likeness (QED) is 0.585. The normalized spacial score (nSPS) is 8.74. The summed E-state index contributed by atoms with van der Waals surface area (Å²) in [7, 11) is 0. The fraction of sp³-hybridized carbons (Fsp3) is 0.111. The topological polar surface area (TPSA) is 15.8 Å². The molecule has 1 aromatic heterocycles. The maximum atomic E-state index is 3.63. The Balaban J connectivity index is 0.000000170. The first-order valence-electron chi connectivity index (χ1n) is 6.60. The van der Waals surface area contributed by atoms with Gasteiger partial charge in [-0.1, -0.05) is 75.0 Å². The predicted octanol–water partition coefficient (Wildman–Crippen LogP) is 5.52. The minimum Gasteiger partial charge on any atom is -0.361 e. The van der Waals surface area contributed by atoms with Crippen LogP contribution in [-0.4, -0.2) is 4.98 Å². The van der Waals surface area contributed by atoms with Crippen molar-refractivity contribution in [1.82, 2.24) is 4.98 Å². The van der Waals surface area contributed by atoms with Crippen LogP contribution in [0, 0.1) is 0 Å². The van der Waals surface area contributed by atoms with Crippen molar-refractivity contribution < 1.29 is 0 Å². The van der Waals surface area contributed by atoms with Crippen LogP contribution < -0.4 is 0 Å². The number of aromatic nitrogens is 1. The monoisotopic (exact) mass is 251 g/mol. The van der Waals surface area contributed by atoms with Crippen LogP contribution in [0.15, 0.2) is 73.4 Å². The van der Waals surface area contributed by atoms with Gasteiger partial charge in [-0.2, -0.15) is 0 Å². The molecule has 98 valence electrons. The van der Waals surface area contributed by atoms with Crippen LogP contribution in [0.1, 0.15) is 19.4 Å². The van der Waals surface area contributed by atoms with E-state index < -0.39 is 0 Å².